The smallest absolute Gasteiger partial charge is 0.416 e. The minimum Gasteiger partial charge on any atom is -0.494 e. The van der Waals surface area contributed by atoms with E-state index in [1.165, 1.54) is 24.4 Å². The molecule has 9 nitrogen and oxygen atoms in total. The average Bonchev–Trinajstić information content (AvgIpc) is 3.19. The van der Waals surface area contributed by atoms with Crippen molar-refractivity contribution in [1.82, 2.24) is 15.1 Å². The van der Waals surface area contributed by atoms with Crippen LogP contribution in [0.4, 0.5) is 24.5 Å². The van der Waals surface area contributed by atoms with Crippen molar-refractivity contribution in [3.8, 4) is 5.75 Å². The summed E-state index contributed by atoms with van der Waals surface area (Å²) in [5.74, 6) is 5.78. The number of anilines is 2. The van der Waals surface area contributed by atoms with E-state index in [0.29, 0.717) is 16.9 Å². The lowest BCUT2D eigenvalue weighted by molar-refractivity contribution is -0.137. The zero-order valence-electron chi connectivity index (χ0n) is 23.7. The Kier molecular flexibility index (Phi) is 8.85. The van der Waals surface area contributed by atoms with Crippen molar-refractivity contribution >= 4 is 23.0 Å². The fourth-order valence-corrected chi connectivity index (χ4v) is 3.97. The number of amides is 1. The molecule has 0 saturated heterocycles. The van der Waals surface area contributed by atoms with Crippen LogP contribution in [0.1, 0.15) is 59.1 Å². The molecule has 0 atom stereocenters. The molecule has 0 aliphatic rings. The second-order valence-corrected chi connectivity index (χ2v) is 10.5. The normalized spacial score (nSPS) is 12.4. The van der Waals surface area contributed by atoms with Gasteiger partial charge in [0.25, 0.3) is 5.91 Å². The van der Waals surface area contributed by atoms with E-state index < -0.39 is 17.6 Å². The van der Waals surface area contributed by atoms with Crippen molar-refractivity contribution in [2.45, 2.75) is 52.9 Å². The van der Waals surface area contributed by atoms with Crippen molar-refractivity contribution in [1.29, 1.82) is 0 Å². The monoisotopic (exact) mass is 559 g/mol. The van der Waals surface area contributed by atoms with Crippen molar-refractivity contribution in [3.63, 3.8) is 0 Å². The van der Waals surface area contributed by atoms with E-state index in [4.69, 9.17) is 16.3 Å². The van der Waals surface area contributed by atoms with E-state index in [1.807, 2.05) is 27.7 Å². The lowest BCUT2D eigenvalue weighted by Gasteiger charge is -2.23. The Morgan fingerprint density at radius 1 is 1.18 bits per heavy atom. The topological polar surface area (TPSA) is 123 Å². The van der Waals surface area contributed by atoms with Crippen LogP contribution in [-0.2, 0) is 19.8 Å². The lowest BCUT2D eigenvalue weighted by Crippen LogP contribution is -2.35. The number of carbonyl (C=O) groups excluding carboxylic acids is 1. The first kappa shape index (κ1) is 30.5. The Bertz CT molecular complexity index is 1420. The zero-order valence-corrected chi connectivity index (χ0v) is 23.7. The molecule has 216 valence electrons. The number of nitrogens with two attached hydrogens (primary N) is 2. The molecular formula is C28H36F3N7O2. The SMILES string of the molecule is COc1c(CNC(C)(C)C)cc(C(F)(F)F)cc1NC(=O)c1ccc(C)c(N(N)/C=C(\N)c2cnn(C)c2C)c1. The predicted octanol–water partition coefficient (Wildman–Crippen LogP) is 4.84. The fourth-order valence-electron chi connectivity index (χ4n) is 3.97. The highest BCUT2D eigenvalue weighted by Gasteiger charge is 2.33. The first-order valence-electron chi connectivity index (χ1n) is 12.5. The Labute approximate surface area is 231 Å². The Morgan fingerprint density at radius 2 is 1.85 bits per heavy atom. The van der Waals surface area contributed by atoms with Crippen LogP contribution >= 0.6 is 0 Å². The molecule has 0 saturated carbocycles. The third-order valence-corrected chi connectivity index (χ3v) is 6.33. The first-order valence-corrected chi connectivity index (χ1v) is 12.5. The number of alkyl halides is 3. The Hall–Kier alpha value is -4.03. The number of nitrogens with zero attached hydrogens (tertiary/aromatic N) is 3. The van der Waals surface area contributed by atoms with Gasteiger partial charge < -0.3 is 21.1 Å². The maximum absolute atomic E-state index is 13.7. The summed E-state index contributed by atoms with van der Waals surface area (Å²) in [6.45, 7) is 9.46. The van der Waals surface area contributed by atoms with Gasteiger partial charge in [0, 0.05) is 47.7 Å². The van der Waals surface area contributed by atoms with Crippen LogP contribution in [0.15, 0.2) is 42.7 Å². The van der Waals surface area contributed by atoms with Gasteiger partial charge in [0.15, 0.2) is 0 Å². The number of aryl methyl sites for hydroxylation is 2. The van der Waals surface area contributed by atoms with Gasteiger partial charge in [0.05, 0.1) is 35.9 Å². The summed E-state index contributed by atoms with van der Waals surface area (Å²) in [7, 11) is 3.14. The number of rotatable bonds is 8. The van der Waals surface area contributed by atoms with Gasteiger partial charge in [-0.3, -0.25) is 14.5 Å². The van der Waals surface area contributed by atoms with Crippen LogP contribution < -0.4 is 32.0 Å². The number of carbonyl (C=O) groups is 1. The van der Waals surface area contributed by atoms with Crippen molar-refractivity contribution in [3.05, 3.63) is 76.2 Å². The molecule has 6 N–H and O–H groups in total. The van der Waals surface area contributed by atoms with Gasteiger partial charge in [-0.05, 0) is 64.4 Å². The zero-order chi connectivity index (χ0) is 30.0. The summed E-state index contributed by atoms with van der Waals surface area (Å²) >= 11 is 0. The van der Waals surface area contributed by atoms with Crippen LogP contribution in [0.5, 0.6) is 5.75 Å². The van der Waals surface area contributed by atoms with E-state index in [2.05, 4.69) is 15.7 Å². The van der Waals surface area contributed by atoms with E-state index in [1.54, 1.807) is 37.0 Å². The second kappa shape index (κ2) is 11.6. The summed E-state index contributed by atoms with van der Waals surface area (Å²) in [5.41, 5.74) is 8.45. The highest BCUT2D eigenvalue weighted by atomic mass is 19.4. The fraction of sp³-hybridized carbons (Fsp3) is 0.357. The molecular weight excluding hydrogens is 523 g/mol. The summed E-state index contributed by atoms with van der Waals surface area (Å²) in [4.78, 5) is 13.3. The van der Waals surface area contributed by atoms with Crippen LogP contribution in [0.3, 0.4) is 0 Å². The van der Waals surface area contributed by atoms with Crippen LogP contribution in [0.25, 0.3) is 5.70 Å². The highest BCUT2D eigenvalue weighted by molar-refractivity contribution is 6.06. The molecule has 0 fully saturated rings. The van der Waals surface area contributed by atoms with Gasteiger partial charge >= 0.3 is 6.18 Å². The van der Waals surface area contributed by atoms with Crippen molar-refractivity contribution < 1.29 is 22.7 Å². The van der Waals surface area contributed by atoms with E-state index in [0.717, 1.165) is 23.4 Å². The quantitative estimate of drug-likeness (QED) is 0.230. The molecule has 1 heterocycles. The number of aromatic nitrogens is 2. The number of hydrogen-bond donors (Lipinski definition) is 4. The molecule has 2 aromatic carbocycles. The molecule has 12 heteroatoms. The van der Waals surface area contributed by atoms with E-state index in [9.17, 15) is 18.0 Å². The van der Waals surface area contributed by atoms with Crippen molar-refractivity contribution in [2.24, 2.45) is 18.6 Å². The predicted molar refractivity (Wildman–Crippen MR) is 150 cm³/mol. The summed E-state index contributed by atoms with van der Waals surface area (Å²) in [6, 6.07) is 6.66. The van der Waals surface area contributed by atoms with Gasteiger partial charge in [0.2, 0.25) is 0 Å². The maximum atomic E-state index is 13.7. The largest absolute Gasteiger partial charge is 0.494 e. The number of halogens is 3. The van der Waals surface area contributed by atoms with Crippen LogP contribution in [0, 0.1) is 13.8 Å². The molecule has 0 aliphatic carbocycles. The van der Waals surface area contributed by atoms with Gasteiger partial charge in [-0.2, -0.15) is 18.3 Å². The van der Waals surface area contributed by atoms with Crippen LogP contribution in [-0.4, -0.2) is 28.3 Å². The molecule has 0 spiro atoms. The minimum atomic E-state index is -4.63. The van der Waals surface area contributed by atoms with E-state index in [-0.39, 0.29) is 34.6 Å². The lowest BCUT2D eigenvalue weighted by atomic mass is 10.0. The molecule has 1 amide bonds. The third-order valence-electron chi connectivity index (χ3n) is 6.33. The Balaban J connectivity index is 1.96. The number of hydrazine groups is 1. The number of methoxy groups -OCH3 is 1. The summed E-state index contributed by atoms with van der Waals surface area (Å²) in [5, 5.41) is 11.2. The number of ether oxygens (including phenoxy) is 1. The summed E-state index contributed by atoms with van der Waals surface area (Å²) < 4.78 is 48.4. The van der Waals surface area contributed by atoms with Gasteiger partial charge in [-0.25, -0.2) is 5.84 Å². The standard InChI is InChI=1S/C28H36F3N7O2/c1-16-8-9-18(11-24(16)38(33)15-22(32)21-14-35-37(6)17(21)2)26(39)36-23-12-20(28(29,30)31)10-19(25(23)40-7)13-34-27(3,4)5/h8-12,14-15,34H,13,32-33H2,1-7H3,(H,36,39)/b22-15-. The molecule has 0 aliphatic heterocycles. The number of nitrogens with one attached hydrogen (secondary N) is 2. The molecule has 40 heavy (non-hydrogen) atoms. The Morgan fingerprint density at radius 3 is 2.40 bits per heavy atom. The molecule has 1 aromatic heterocycles. The van der Waals surface area contributed by atoms with Gasteiger partial charge in [0.1, 0.15) is 5.75 Å². The first-order chi connectivity index (χ1) is 18.5. The van der Waals surface area contributed by atoms with E-state index >= 15 is 0 Å². The minimum absolute atomic E-state index is 0.0977. The van der Waals surface area contributed by atoms with Crippen LogP contribution in [0.2, 0.25) is 0 Å². The van der Waals surface area contributed by atoms with Crippen molar-refractivity contribution in [2.75, 3.05) is 17.4 Å². The summed E-state index contributed by atoms with van der Waals surface area (Å²) in [6.07, 6.45) is -1.49. The molecule has 3 rings (SSSR count). The molecule has 0 unspecified atom stereocenters. The third kappa shape index (κ3) is 7.13. The molecule has 0 bridgehead atoms. The molecule has 3 aromatic rings. The van der Waals surface area contributed by atoms with Gasteiger partial charge in [-0.1, -0.05) is 6.07 Å². The number of benzene rings is 2. The average molecular weight is 560 g/mol. The maximum Gasteiger partial charge on any atom is 0.416 e. The highest BCUT2D eigenvalue weighted by Crippen LogP contribution is 2.38. The second-order valence-electron chi connectivity index (χ2n) is 10.5. The molecule has 0 radical (unpaired) electrons. The van der Waals surface area contributed by atoms with Gasteiger partial charge in [-0.15, -0.1) is 0 Å². The number of hydrogen-bond acceptors (Lipinski definition) is 7.